The molecule has 0 aromatic heterocycles. The average molecular weight is 113 g/mol. The number of rotatable bonds is 1. The van der Waals surface area contributed by atoms with Crippen LogP contribution in [-0.2, 0) is 4.79 Å². The van der Waals surface area contributed by atoms with Gasteiger partial charge in [-0.3, -0.25) is 10.2 Å². The van der Waals surface area contributed by atoms with E-state index in [2.05, 4.69) is 15.8 Å². The molecule has 1 unspecified atom stereocenters. The van der Waals surface area contributed by atoms with Gasteiger partial charge in [0.15, 0.2) is 11.9 Å². The summed E-state index contributed by atoms with van der Waals surface area (Å²) in [6.07, 6.45) is 2.22. The molecule has 0 aromatic rings. The van der Waals surface area contributed by atoms with Gasteiger partial charge in [0.2, 0.25) is 0 Å². The van der Waals surface area contributed by atoms with Gasteiger partial charge >= 0.3 is 0 Å². The molecule has 0 spiro atoms. The van der Waals surface area contributed by atoms with Gasteiger partial charge in [-0.1, -0.05) is 0 Å². The van der Waals surface area contributed by atoms with Crippen molar-refractivity contribution in [3.8, 4) is 0 Å². The highest BCUT2D eigenvalue weighted by Gasteiger charge is 2.23. The van der Waals surface area contributed by atoms with Crippen LogP contribution in [-0.4, -0.2) is 18.3 Å². The third kappa shape index (κ3) is 0.641. The van der Waals surface area contributed by atoms with Crippen LogP contribution in [0.15, 0.2) is 5.10 Å². The second kappa shape index (κ2) is 1.47. The van der Waals surface area contributed by atoms with E-state index in [1.807, 2.05) is 0 Å². The molecule has 0 aromatic carbocycles. The number of hydrogen-bond acceptors (Lipinski definition) is 4. The molecule has 1 aliphatic heterocycles. The van der Waals surface area contributed by atoms with Crippen LogP contribution in [0.1, 0.15) is 6.92 Å². The fourth-order valence-corrected chi connectivity index (χ4v) is 0.425. The van der Waals surface area contributed by atoms with Crippen LogP contribution >= 0.6 is 0 Å². The minimum Gasteiger partial charge on any atom is -0.345 e. The van der Waals surface area contributed by atoms with E-state index in [0.717, 1.165) is 6.29 Å². The first-order valence-corrected chi connectivity index (χ1v) is 2.29. The van der Waals surface area contributed by atoms with Gasteiger partial charge in [-0.15, -0.1) is 0 Å². The van der Waals surface area contributed by atoms with Crippen molar-refractivity contribution in [2.45, 2.75) is 12.6 Å². The van der Waals surface area contributed by atoms with Gasteiger partial charge in [0.1, 0.15) is 6.34 Å². The Morgan fingerprint density at radius 1 is 1.88 bits per heavy atom. The molecule has 1 atom stereocenters. The lowest BCUT2D eigenvalue weighted by Crippen LogP contribution is -2.48. The molecule has 0 saturated carbocycles. The van der Waals surface area contributed by atoms with E-state index in [1.54, 1.807) is 6.92 Å². The lowest BCUT2D eigenvalue weighted by Gasteiger charge is -2.14. The SMILES string of the molecule is CC1(C=O)NC=NN1. The summed E-state index contributed by atoms with van der Waals surface area (Å²) in [6, 6.07) is 0. The Hall–Kier alpha value is -1.06. The summed E-state index contributed by atoms with van der Waals surface area (Å²) in [5, 5.41) is 6.30. The van der Waals surface area contributed by atoms with Crippen LogP contribution in [0.4, 0.5) is 0 Å². The monoisotopic (exact) mass is 113 g/mol. The zero-order chi connectivity index (χ0) is 6.04. The summed E-state index contributed by atoms with van der Waals surface area (Å²) in [7, 11) is 0. The maximum absolute atomic E-state index is 10.1. The van der Waals surface area contributed by atoms with Gasteiger partial charge in [-0.2, -0.15) is 5.10 Å². The lowest BCUT2D eigenvalue weighted by atomic mass is 10.3. The van der Waals surface area contributed by atoms with E-state index < -0.39 is 5.66 Å². The molecule has 0 saturated heterocycles. The van der Waals surface area contributed by atoms with Gasteiger partial charge in [0.25, 0.3) is 0 Å². The van der Waals surface area contributed by atoms with E-state index >= 15 is 0 Å². The quantitative estimate of drug-likeness (QED) is 0.430. The highest BCUT2D eigenvalue weighted by atomic mass is 16.1. The molecule has 0 radical (unpaired) electrons. The van der Waals surface area contributed by atoms with Crippen molar-refractivity contribution in [2.24, 2.45) is 5.10 Å². The van der Waals surface area contributed by atoms with Crippen LogP contribution in [0.25, 0.3) is 0 Å². The Kier molecular flexibility index (Phi) is 0.932. The third-order valence-corrected chi connectivity index (χ3v) is 0.961. The summed E-state index contributed by atoms with van der Waals surface area (Å²) < 4.78 is 0. The molecule has 0 aliphatic carbocycles. The van der Waals surface area contributed by atoms with E-state index in [1.165, 1.54) is 6.34 Å². The van der Waals surface area contributed by atoms with Gasteiger partial charge < -0.3 is 5.32 Å². The Morgan fingerprint density at radius 2 is 2.62 bits per heavy atom. The number of nitrogens with one attached hydrogen (secondary N) is 2. The smallest absolute Gasteiger partial charge is 0.178 e. The zero-order valence-electron chi connectivity index (χ0n) is 4.51. The molecular formula is C4H7N3O. The average Bonchev–Trinajstić information content (AvgIpc) is 2.17. The van der Waals surface area contributed by atoms with Crippen molar-refractivity contribution in [2.75, 3.05) is 0 Å². The highest BCUT2D eigenvalue weighted by molar-refractivity contribution is 5.72. The van der Waals surface area contributed by atoms with E-state index in [4.69, 9.17) is 0 Å². The van der Waals surface area contributed by atoms with Crippen LogP contribution in [0.3, 0.4) is 0 Å². The number of carbonyl (C=O) groups is 1. The molecule has 0 bridgehead atoms. The van der Waals surface area contributed by atoms with Crippen LogP contribution in [0.5, 0.6) is 0 Å². The molecule has 0 fully saturated rings. The minimum atomic E-state index is -0.667. The Balaban J connectivity index is 2.58. The number of aldehydes is 1. The summed E-state index contributed by atoms with van der Waals surface area (Å²) in [5.74, 6) is 0. The topological polar surface area (TPSA) is 53.5 Å². The van der Waals surface area contributed by atoms with E-state index in [-0.39, 0.29) is 0 Å². The molecule has 0 amide bonds. The largest absolute Gasteiger partial charge is 0.345 e. The van der Waals surface area contributed by atoms with Crippen molar-refractivity contribution < 1.29 is 4.79 Å². The van der Waals surface area contributed by atoms with E-state index in [9.17, 15) is 4.79 Å². The van der Waals surface area contributed by atoms with Crippen molar-refractivity contribution in [3.05, 3.63) is 0 Å². The van der Waals surface area contributed by atoms with E-state index in [0.29, 0.717) is 0 Å². The van der Waals surface area contributed by atoms with Gasteiger partial charge in [-0.05, 0) is 6.92 Å². The standard InChI is InChI=1S/C4H7N3O/c1-4(2-8)5-3-6-7-4/h2-3,7H,1H3,(H,5,6). The molecule has 4 heteroatoms. The molecule has 4 nitrogen and oxygen atoms in total. The second-order valence-corrected chi connectivity index (χ2v) is 1.83. The molecule has 8 heavy (non-hydrogen) atoms. The minimum absolute atomic E-state index is 0.667. The van der Waals surface area contributed by atoms with Gasteiger partial charge in [0, 0.05) is 0 Å². The Morgan fingerprint density at radius 3 is 2.88 bits per heavy atom. The van der Waals surface area contributed by atoms with Crippen LogP contribution in [0, 0.1) is 0 Å². The first-order valence-electron chi connectivity index (χ1n) is 2.29. The van der Waals surface area contributed by atoms with Crippen molar-refractivity contribution >= 4 is 12.6 Å². The lowest BCUT2D eigenvalue weighted by molar-refractivity contribution is -0.113. The molecule has 1 rings (SSSR count). The maximum Gasteiger partial charge on any atom is 0.178 e. The third-order valence-electron chi connectivity index (χ3n) is 0.961. The van der Waals surface area contributed by atoms with Gasteiger partial charge in [0.05, 0.1) is 0 Å². The number of hydrazone groups is 1. The second-order valence-electron chi connectivity index (χ2n) is 1.83. The fourth-order valence-electron chi connectivity index (χ4n) is 0.425. The predicted molar refractivity (Wildman–Crippen MR) is 29.2 cm³/mol. The summed E-state index contributed by atoms with van der Waals surface area (Å²) in [6.45, 7) is 1.70. The molecule has 1 aliphatic rings. The normalized spacial score (nSPS) is 33.6. The summed E-state index contributed by atoms with van der Waals surface area (Å²) in [4.78, 5) is 10.1. The van der Waals surface area contributed by atoms with Crippen LogP contribution in [0.2, 0.25) is 0 Å². The summed E-state index contributed by atoms with van der Waals surface area (Å²) >= 11 is 0. The fraction of sp³-hybridized carbons (Fsp3) is 0.500. The van der Waals surface area contributed by atoms with Crippen molar-refractivity contribution in [3.63, 3.8) is 0 Å². The Bertz CT molecular complexity index is 123. The first-order chi connectivity index (χ1) is 3.77. The molecule has 44 valence electrons. The van der Waals surface area contributed by atoms with Gasteiger partial charge in [-0.25, -0.2) is 0 Å². The molecular weight excluding hydrogens is 106 g/mol. The van der Waals surface area contributed by atoms with Crippen molar-refractivity contribution in [1.82, 2.24) is 10.7 Å². The molecule has 2 N–H and O–H groups in total. The Labute approximate surface area is 47.0 Å². The number of nitrogens with zero attached hydrogens (tertiary/aromatic N) is 1. The number of carbonyl (C=O) groups excluding carboxylic acids is 1. The molecule has 1 heterocycles. The predicted octanol–water partition coefficient (Wildman–Crippen LogP) is -0.962. The number of hydrogen-bond donors (Lipinski definition) is 2. The zero-order valence-corrected chi connectivity index (χ0v) is 4.51. The first kappa shape index (κ1) is 5.08. The highest BCUT2D eigenvalue weighted by Crippen LogP contribution is 1.94. The van der Waals surface area contributed by atoms with Crippen LogP contribution < -0.4 is 10.7 Å². The maximum atomic E-state index is 10.1. The summed E-state index contributed by atoms with van der Waals surface area (Å²) in [5.41, 5.74) is 1.91. The van der Waals surface area contributed by atoms with Crippen molar-refractivity contribution in [1.29, 1.82) is 0 Å².